The van der Waals surface area contributed by atoms with Crippen LogP contribution in [0.2, 0.25) is 0 Å². The number of methoxy groups -OCH3 is 1. The molecule has 3 amide bonds. The number of nitrogens with zero attached hydrogens (tertiary/aromatic N) is 1. The molecule has 9 nitrogen and oxygen atoms in total. The molecule has 9 heteroatoms. The van der Waals surface area contributed by atoms with Crippen molar-refractivity contribution >= 4 is 23.9 Å². The van der Waals surface area contributed by atoms with Crippen molar-refractivity contribution in [2.45, 2.75) is 37.8 Å². The Morgan fingerprint density at radius 3 is 2.62 bits per heavy atom. The quantitative estimate of drug-likeness (QED) is 0.541. The molecule has 1 unspecified atom stereocenters. The zero-order valence-corrected chi connectivity index (χ0v) is 11.7. The summed E-state index contributed by atoms with van der Waals surface area (Å²) in [4.78, 5) is 46.6. The van der Waals surface area contributed by atoms with Crippen molar-refractivity contribution < 1.29 is 29.0 Å². The molecular weight excluding hydrogens is 282 g/mol. The lowest BCUT2D eigenvalue weighted by Gasteiger charge is -2.25. The van der Waals surface area contributed by atoms with Gasteiger partial charge < -0.3 is 25.8 Å². The SMILES string of the molecule is COC(=O)C1CCCN1C(=O)N[C@H](CCC(N)=O)C(=O)O. The number of ether oxygens (including phenoxy) is 1. The fraction of sp³-hybridized carbons (Fsp3) is 0.667. The lowest BCUT2D eigenvalue weighted by molar-refractivity contribution is -0.144. The molecule has 2 atom stereocenters. The second-order valence-corrected chi connectivity index (χ2v) is 4.72. The Bertz CT molecular complexity index is 439. The van der Waals surface area contributed by atoms with Gasteiger partial charge in [0.25, 0.3) is 0 Å². The summed E-state index contributed by atoms with van der Waals surface area (Å²) in [6, 6.07) is -2.61. The van der Waals surface area contributed by atoms with Crippen molar-refractivity contribution in [2.75, 3.05) is 13.7 Å². The molecule has 0 aliphatic carbocycles. The van der Waals surface area contributed by atoms with E-state index in [9.17, 15) is 19.2 Å². The number of carbonyl (C=O) groups is 4. The Morgan fingerprint density at radius 1 is 1.43 bits per heavy atom. The first kappa shape index (κ1) is 16.7. The number of nitrogens with two attached hydrogens (primary N) is 1. The topological polar surface area (TPSA) is 139 Å². The molecule has 0 bridgehead atoms. The maximum Gasteiger partial charge on any atom is 0.328 e. The molecule has 118 valence electrons. The number of hydrogen-bond acceptors (Lipinski definition) is 5. The molecule has 1 fully saturated rings. The van der Waals surface area contributed by atoms with Crippen molar-refractivity contribution in [1.82, 2.24) is 10.2 Å². The number of carbonyl (C=O) groups excluding carboxylic acids is 3. The van der Waals surface area contributed by atoms with E-state index in [2.05, 4.69) is 10.1 Å². The summed E-state index contributed by atoms with van der Waals surface area (Å²) in [5.74, 6) is -2.45. The minimum atomic E-state index is -1.27. The zero-order valence-electron chi connectivity index (χ0n) is 11.7. The van der Waals surface area contributed by atoms with Gasteiger partial charge in [-0.3, -0.25) is 4.79 Å². The number of urea groups is 1. The highest BCUT2D eigenvalue weighted by molar-refractivity contribution is 5.87. The minimum absolute atomic E-state index is 0.104. The Hall–Kier alpha value is -2.32. The van der Waals surface area contributed by atoms with E-state index in [-0.39, 0.29) is 12.8 Å². The third kappa shape index (κ3) is 4.62. The lowest BCUT2D eigenvalue weighted by atomic mass is 10.1. The Balaban J connectivity index is 2.66. The van der Waals surface area contributed by atoms with Crippen LogP contribution >= 0.6 is 0 Å². The van der Waals surface area contributed by atoms with E-state index in [4.69, 9.17) is 10.8 Å². The second-order valence-electron chi connectivity index (χ2n) is 4.72. The van der Waals surface area contributed by atoms with E-state index in [0.29, 0.717) is 19.4 Å². The molecule has 4 N–H and O–H groups in total. The molecular formula is C12H19N3O6. The first-order chi connectivity index (χ1) is 9.86. The molecule has 1 aliphatic heterocycles. The van der Waals surface area contributed by atoms with Gasteiger partial charge in [-0.25, -0.2) is 14.4 Å². The fourth-order valence-corrected chi connectivity index (χ4v) is 2.17. The minimum Gasteiger partial charge on any atom is -0.480 e. The summed E-state index contributed by atoms with van der Waals surface area (Å²) in [6.07, 6.45) is 0.843. The largest absolute Gasteiger partial charge is 0.480 e. The van der Waals surface area contributed by atoms with Gasteiger partial charge in [-0.2, -0.15) is 0 Å². The molecule has 0 radical (unpaired) electrons. The van der Waals surface area contributed by atoms with Gasteiger partial charge in [0, 0.05) is 13.0 Å². The lowest BCUT2D eigenvalue weighted by Crippen LogP contribution is -2.51. The van der Waals surface area contributed by atoms with Gasteiger partial charge in [-0.05, 0) is 19.3 Å². The van der Waals surface area contributed by atoms with Crippen molar-refractivity contribution in [2.24, 2.45) is 5.73 Å². The number of amides is 3. The van der Waals surface area contributed by atoms with Gasteiger partial charge in [0.05, 0.1) is 7.11 Å². The predicted octanol–water partition coefficient (Wildman–Crippen LogP) is -0.948. The number of primary amides is 1. The molecule has 1 saturated heterocycles. The average Bonchev–Trinajstić information content (AvgIpc) is 2.91. The number of carboxylic acids is 1. The molecule has 1 rings (SSSR count). The van der Waals surface area contributed by atoms with Crippen molar-refractivity contribution in [3.05, 3.63) is 0 Å². The van der Waals surface area contributed by atoms with Crippen LogP contribution in [0.3, 0.4) is 0 Å². The smallest absolute Gasteiger partial charge is 0.328 e. The van der Waals surface area contributed by atoms with Gasteiger partial charge in [0.15, 0.2) is 0 Å². The van der Waals surface area contributed by atoms with E-state index in [0.717, 1.165) is 0 Å². The van der Waals surface area contributed by atoms with Crippen LogP contribution in [0.15, 0.2) is 0 Å². The second kappa shape index (κ2) is 7.46. The summed E-state index contributed by atoms with van der Waals surface area (Å²) >= 11 is 0. The Morgan fingerprint density at radius 2 is 2.10 bits per heavy atom. The van der Waals surface area contributed by atoms with Crippen molar-refractivity contribution in [3.8, 4) is 0 Å². The average molecular weight is 301 g/mol. The Kier molecular flexibility index (Phi) is 5.94. The molecule has 1 aliphatic rings. The predicted molar refractivity (Wildman–Crippen MR) is 70.1 cm³/mol. The Labute approximate surface area is 121 Å². The van der Waals surface area contributed by atoms with Gasteiger partial charge in [-0.15, -0.1) is 0 Å². The molecule has 0 spiro atoms. The van der Waals surface area contributed by atoms with Gasteiger partial charge in [0.1, 0.15) is 12.1 Å². The number of likely N-dealkylation sites (tertiary alicyclic amines) is 1. The van der Waals surface area contributed by atoms with Crippen LogP contribution in [0.4, 0.5) is 4.79 Å². The van der Waals surface area contributed by atoms with E-state index < -0.39 is 36.0 Å². The van der Waals surface area contributed by atoms with Crippen molar-refractivity contribution in [3.63, 3.8) is 0 Å². The summed E-state index contributed by atoms with van der Waals surface area (Å²) in [7, 11) is 1.23. The number of aliphatic carboxylic acids is 1. The summed E-state index contributed by atoms with van der Waals surface area (Å²) in [5, 5.41) is 11.3. The summed E-state index contributed by atoms with van der Waals surface area (Å²) < 4.78 is 4.61. The highest BCUT2D eigenvalue weighted by Crippen LogP contribution is 2.18. The van der Waals surface area contributed by atoms with E-state index in [1.165, 1.54) is 12.0 Å². The van der Waals surface area contributed by atoms with E-state index >= 15 is 0 Å². The highest BCUT2D eigenvalue weighted by Gasteiger charge is 2.36. The molecule has 0 saturated carbocycles. The molecule has 21 heavy (non-hydrogen) atoms. The number of esters is 1. The third-order valence-corrected chi connectivity index (χ3v) is 3.26. The van der Waals surface area contributed by atoms with E-state index in [1.54, 1.807) is 0 Å². The molecule has 0 aromatic heterocycles. The number of hydrogen-bond donors (Lipinski definition) is 3. The summed E-state index contributed by atoms with van der Waals surface area (Å²) in [6.45, 7) is 0.341. The van der Waals surface area contributed by atoms with Crippen LogP contribution in [-0.4, -0.2) is 59.6 Å². The van der Waals surface area contributed by atoms with Gasteiger partial charge in [-0.1, -0.05) is 0 Å². The number of rotatable bonds is 6. The first-order valence-electron chi connectivity index (χ1n) is 6.53. The molecule has 0 aromatic carbocycles. The van der Waals surface area contributed by atoms with Gasteiger partial charge in [0.2, 0.25) is 5.91 Å². The number of carboxylic acid groups (broad SMARTS) is 1. The highest BCUT2D eigenvalue weighted by atomic mass is 16.5. The first-order valence-corrected chi connectivity index (χ1v) is 6.53. The van der Waals surface area contributed by atoms with E-state index in [1.807, 2.05) is 0 Å². The van der Waals surface area contributed by atoms with Crippen LogP contribution in [0.5, 0.6) is 0 Å². The number of nitrogens with one attached hydrogen (secondary N) is 1. The van der Waals surface area contributed by atoms with Crippen LogP contribution in [0.1, 0.15) is 25.7 Å². The van der Waals surface area contributed by atoms with Crippen LogP contribution < -0.4 is 11.1 Å². The monoisotopic (exact) mass is 301 g/mol. The van der Waals surface area contributed by atoms with Crippen LogP contribution in [-0.2, 0) is 19.1 Å². The summed E-state index contributed by atoms with van der Waals surface area (Å²) in [5.41, 5.74) is 4.96. The standard InChI is InChI=1S/C12H19N3O6/c1-21-11(19)8-3-2-6-15(8)12(20)14-7(10(17)18)4-5-9(13)16/h7-8H,2-6H2,1H3,(H2,13,16)(H,14,20)(H,17,18)/t7-,8?/m1/s1. The van der Waals surface area contributed by atoms with Crippen molar-refractivity contribution in [1.29, 1.82) is 0 Å². The molecule has 1 heterocycles. The van der Waals surface area contributed by atoms with Gasteiger partial charge >= 0.3 is 18.0 Å². The van der Waals surface area contributed by atoms with Crippen LogP contribution in [0, 0.1) is 0 Å². The third-order valence-electron chi connectivity index (χ3n) is 3.26. The molecule has 0 aromatic rings. The zero-order chi connectivity index (χ0) is 16.0. The van der Waals surface area contributed by atoms with Crippen LogP contribution in [0.25, 0.3) is 0 Å². The fourth-order valence-electron chi connectivity index (χ4n) is 2.17. The maximum absolute atomic E-state index is 12.1. The normalized spacial score (nSPS) is 18.9. The maximum atomic E-state index is 12.1.